The van der Waals surface area contributed by atoms with Gasteiger partial charge in [0.15, 0.2) is 0 Å². The van der Waals surface area contributed by atoms with Crippen molar-refractivity contribution in [2.24, 2.45) is 5.92 Å². The molecule has 4 rings (SSSR count). The smallest absolute Gasteiger partial charge is 0.269 e. The largest absolute Gasteiger partial charge is 0.385 e. The second kappa shape index (κ2) is 9.75. The summed E-state index contributed by atoms with van der Waals surface area (Å²) in [5.41, 5.74) is 2.97. The van der Waals surface area contributed by atoms with Crippen LogP contribution in [0.25, 0.3) is 0 Å². The highest BCUT2D eigenvalue weighted by Gasteiger charge is 2.42. The summed E-state index contributed by atoms with van der Waals surface area (Å²) in [6.07, 6.45) is 1.21. The molecule has 2 aliphatic heterocycles. The van der Waals surface area contributed by atoms with Gasteiger partial charge in [0.05, 0.1) is 16.9 Å². The highest BCUT2D eigenvalue weighted by molar-refractivity contribution is 6.30. The van der Waals surface area contributed by atoms with Crippen LogP contribution < -0.4 is 15.1 Å². The highest BCUT2D eigenvalue weighted by Crippen LogP contribution is 2.38. The van der Waals surface area contributed by atoms with E-state index in [4.69, 9.17) is 16.3 Å². The number of carbonyl (C=O) groups is 1. The Bertz CT molecular complexity index is 984. The monoisotopic (exact) mass is 458 g/mol. The molecule has 0 saturated carbocycles. The Labute approximate surface area is 192 Å². The summed E-state index contributed by atoms with van der Waals surface area (Å²) < 4.78 is 5.07. The van der Waals surface area contributed by atoms with Crippen LogP contribution >= 0.6 is 11.6 Å². The second-order valence-corrected chi connectivity index (χ2v) is 8.64. The number of methoxy groups -OCH3 is 1. The number of rotatable bonds is 7. The predicted octanol–water partition coefficient (Wildman–Crippen LogP) is 3.27. The number of nitro benzene ring substituents is 1. The van der Waals surface area contributed by atoms with E-state index in [0.717, 1.165) is 36.4 Å². The van der Waals surface area contributed by atoms with Gasteiger partial charge >= 0.3 is 0 Å². The molecule has 1 saturated heterocycles. The van der Waals surface area contributed by atoms with Crippen molar-refractivity contribution >= 4 is 34.6 Å². The van der Waals surface area contributed by atoms with Gasteiger partial charge < -0.3 is 19.9 Å². The Kier molecular flexibility index (Phi) is 6.81. The first kappa shape index (κ1) is 22.4. The number of benzene rings is 2. The number of amides is 1. The summed E-state index contributed by atoms with van der Waals surface area (Å²) >= 11 is 6.05. The highest BCUT2D eigenvalue weighted by atomic mass is 35.5. The van der Waals surface area contributed by atoms with Gasteiger partial charge in [0.25, 0.3) is 5.69 Å². The quantitative estimate of drug-likeness (QED) is 0.389. The zero-order valence-corrected chi connectivity index (χ0v) is 18.8. The van der Waals surface area contributed by atoms with E-state index in [1.807, 2.05) is 30.3 Å². The van der Waals surface area contributed by atoms with Crippen LogP contribution in [0.1, 0.15) is 12.0 Å². The van der Waals surface area contributed by atoms with Gasteiger partial charge in [-0.15, -0.1) is 0 Å². The number of hydrogen-bond acceptors (Lipinski definition) is 6. The molecule has 0 radical (unpaired) electrons. The van der Waals surface area contributed by atoms with E-state index in [0.29, 0.717) is 31.1 Å². The van der Waals surface area contributed by atoms with Crippen LogP contribution in [0.2, 0.25) is 5.02 Å². The molecular formula is C23H27ClN4O4. The third-order valence-corrected chi connectivity index (χ3v) is 6.51. The van der Waals surface area contributed by atoms with Crippen molar-refractivity contribution in [1.29, 1.82) is 0 Å². The Balaban J connectivity index is 1.60. The van der Waals surface area contributed by atoms with Crippen LogP contribution in [0.4, 0.5) is 17.1 Å². The van der Waals surface area contributed by atoms with E-state index in [-0.39, 0.29) is 28.5 Å². The maximum absolute atomic E-state index is 13.2. The molecule has 0 spiro atoms. The molecule has 1 N–H and O–H groups in total. The molecule has 9 heteroatoms. The van der Waals surface area contributed by atoms with Crippen molar-refractivity contribution in [2.75, 3.05) is 49.7 Å². The van der Waals surface area contributed by atoms with Gasteiger partial charge in [-0.3, -0.25) is 14.9 Å². The van der Waals surface area contributed by atoms with Crippen LogP contribution in [-0.4, -0.2) is 56.8 Å². The Morgan fingerprint density at radius 2 is 2.03 bits per heavy atom. The normalized spacial score (nSPS) is 19.8. The molecule has 2 heterocycles. The molecule has 2 aromatic rings. The summed E-state index contributed by atoms with van der Waals surface area (Å²) in [7, 11) is 1.64. The first-order chi connectivity index (χ1) is 15.5. The van der Waals surface area contributed by atoms with E-state index >= 15 is 0 Å². The Hall–Kier alpha value is -2.84. The van der Waals surface area contributed by atoms with Gasteiger partial charge in [0, 0.05) is 68.4 Å². The molecule has 2 unspecified atom stereocenters. The lowest BCUT2D eigenvalue weighted by molar-refractivity contribution is -0.384. The maximum Gasteiger partial charge on any atom is 0.269 e. The zero-order valence-electron chi connectivity index (χ0n) is 18.0. The summed E-state index contributed by atoms with van der Waals surface area (Å²) in [4.78, 5) is 28.6. The molecule has 2 aliphatic rings. The molecule has 0 bridgehead atoms. The van der Waals surface area contributed by atoms with Gasteiger partial charge in [-0.05, 0) is 48.7 Å². The zero-order chi connectivity index (χ0) is 22.7. The van der Waals surface area contributed by atoms with Gasteiger partial charge in [0.2, 0.25) is 5.91 Å². The van der Waals surface area contributed by atoms with Gasteiger partial charge in [-0.2, -0.15) is 0 Å². The number of ether oxygens (including phenoxy) is 1. The third kappa shape index (κ3) is 4.66. The second-order valence-electron chi connectivity index (χ2n) is 8.20. The van der Waals surface area contributed by atoms with Crippen LogP contribution in [-0.2, 0) is 16.0 Å². The van der Waals surface area contributed by atoms with Gasteiger partial charge in [-0.1, -0.05) is 11.6 Å². The molecule has 170 valence electrons. The Morgan fingerprint density at radius 3 is 2.75 bits per heavy atom. The molecule has 0 aliphatic carbocycles. The van der Waals surface area contributed by atoms with Gasteiger partial charge in [-0.25, -0.2) is 0 Å². The van der Waals surface area contributed by atoms with E-state index in [1.165, 1.54) is 0 Å². The lowest BCUT2D eigenvalue weighted by Crippen LogP contribution is -2.61. The van der Waals surface area contributed by atoms with Crippen LogP contribution in [0.5, 0.6) is 0 Å². The topological polar surface area (TPSA) is 87.9 Å². The molecule has 8 nitrogen and oxygen atoms in total. The van der Waals surface area contributed by atoms with Crippen molar-refractivity contribution in [3.05, 3.63) is 63.2 Å². The minimum atomic E-state index is -0.384. The summed E-state index contributed by atoms with van der Waals surface area (Å²) in [6, 6.07) is 12.7. The number of nitrogens with zero attached hydrogens (tertiary/aromatic N) is 3. The SMILES string of the molecule is COCCCNC(=O)C1Cc2cc([N+](=O)[O-])ccc2N2CCN(c3ccc(Cl)cc3)CC12. The first-order valence-electron chi connectivity index (χ1n) is 10.8. The number of halogens is 1. The minimum absolute atomic E-state index is 0.0220. The van der Waals surface area contributed by atoms with Crippen LogP contribution in [0.3, 0.4) is 0 Å². The van der Waals surface area contributed by atoms with E-state index in [2.05, 4.69) is 15.1 Å². The van der Waals surface area contributed by atoms with Crippen molar-refractivity contribution in [1.82, 2.24) is 5.32 Å². The first-order valence-corrected chi connectivity index (χ1v) is 11.2. The van der Waals surface area contributed by atoms with E-state index < -0.39 is 0 Å². The van der Waals surface area contributed by atoms with Crippen molar-refractivity contribution < 1.29 is 14.5 Å². The number of anilines is 2. The summed E-state index contributed by atoms with van der Waals surface area (Å²) in [5, 5.41) is 15.0. The lowest BCUT2D eigenvalue weighted by Gasteiger charge is -2.49. The molecule has 1 amide bonds. The molecule has 2 atom stereocenters. The number of nitrogens with one attached hydrogen (secondary N) is 1. The average molecular weight is 459 g/mol. The van der Waals surface area contributed by atoms with Crippen molar-refractivity contribution in [3.63, 3.8) is 0 Å². The summed E-state index contributed by atoms with van der Waals surface area (Å²) in [6.45, 7) is 3.33. The van der Waals surface area contributed by atoms with Crippen molar-refractivity contribution in [2.45, 2.75) is 18.9 Å². The number of fused-ring (bicyclic) bond motifs is 3. The lowest BCUT2D eigenvalue weighted by atomic mass is 9.83. The minimum Gasteiger partial charge on any atom is -0.385 e. The van der Waals surface area contributed by atoms with E-state index in [1.54, 1.807) is 19.2 Å². The molecule has 1 fully saturated rings. The number of non-ortho nitro benzene ring substituents is 1. The number of carbonyl (C=O) groups excluding carboxylic acids is 1. The molecule has 32 heavy (non-hydrogen) atoms. The van der Waals surface area contributed by atoms with Crippen LogP contribution in [0.15, 0.2) is 42.5 Å². The Morgan fingerprint density at radius 1 is 1.25 bits per heavy atom. The fraction of sp³-hybridized carbons (Fsp3) is 0.435. The third-order valence-electron chi connectivity index (χ3n) is 6.26. The number of piperazine rings is 1. The van der Waals surface area contributed by atoms with Gasteiger partial charge in [0.1, 0.15) is 0 Å². The number of hydrogen-bond donors (Lipinski definition) is 1. The fourth-order valence-corrected chi connectivity index (χ4v) is 4.79. The predicted molar refractivity (Wildman–Crippen MR) is 125 cm³/mol. The number of nitro groups is 1. The van der Waals surface area contributed by atoms with Crippen molar-refractivity contribution in [3.8, 4) is 0 Å². The molecule has 2 aromatic carbocycles. The standard InChI is InChI=1S/C23H27ClN4O4/c1-32-12-2-9-25-23(29)20-14-16-13-19(28(30)31)7-8-21(16)27-11-10-26(15-22(20)27)18-5-3-17(24)4-6-18/h3-8,13,20,22H,2,9-12,14-15H2,1H3,(H,25,29). The maximum atomic E-state index is 13.2. The fourth-order valence-electron chi connectivity index (χ4n) is 4.67. The molecular weight excluding hydrogens is 432 g/mol. The van der Waals surface area contributed by atoms with Crippen LogP contribution in [0, 0.1) is 16.0 Å². The molecule has 0 aromatic heterocycles. The summed E-state index contributed by atoms with van der Waals surface area (Å²) in [5.74, 6) is -0.326. The van der Waals surface area contributed by atoms with E-state index in [9.17, 15) is 14.9 Å². The average Bonchev–Trinajstić information content (AvgIpc) is 2.80.